The van der Waals surface area contributed by atoms with Crippen molar-refractivity contribution in [2.45, 2.75) is 13.5 Å². The van der Waals surface area contributed by atoms with Crippen LogP contribution in [-0.4, -0.2) is 22.1 Å². The second-order valence-electron chi connectivity index (χ2n) is 5.19. The number of pyridine rings is 1. The first kappa shape index (κ1) is 15.8. The van der Waals surface area contributed by atoms with Crippen LogP contribution in [0.1, 0.15) is 22.8 Å². The molecule has 0 saturated heterocycles. The number of benzene rings is 1. The summed E-state index contributed by atoms with van der Waals surface area (Å²) in [6.07, 6.45) is 5.55. The smallest absolute Gasteiger partial charge is 0.152 e. The number of nitrogens with zero attached hydrogens (tertiary/aromatic N) is 3. The molecule has 4 nitrogen and oxygen atoms in total. The minimum atomic E-state index is 0.559. The lowest BCUT2D eigenvalue weighted by Gasteiger charge is -2.07. The zero-order chi connectivity index (χ0) is 16.2. The minimum Gasteiger partial charge on any atom is -0.380 e. The Balaban J connectivity index is 1.97. The molecule has 3 rings (SSSR count). The van der Waals surface area contributed by atoms with E-state index in [4.69, 9.17) is 4.74 Å². The van der Waals surface area contributed by atoms with E-state index in [9.17, 15) is 0 Å². The van der Waals surface area contributed by atoms with Gasteiger partial charge in [-0.1, -0.05) is 22.0 Å². The van der Waals surface area contributed by atoms with Crippen LogP contribution in [0.2, 0.25) is 0 Å². The monoisotopic (exact) mass is 369 g/mol. The van der Waals surface area contributed by atoms with E-state index in [-0.39, 0.29) is 0 Å². The van der Waals surface area contributed by atoms with Gasteiger partial charge in [-0.25, -0.2) is 15.0 Å². The van der Waals surface area contributed by atoms with Gasteiger partial charge in [-0.05, 0) is 48.9 Å². The lowest BCUT2D eigenvalue weighted by molar-refractivity contribution is 0.186. The second-order valence-corrected chi connectivity index (χ2v) is 6.11. The molecule has 0 saturated carbocycles. The highest BCUT2D eigenvalue weighted by Crippen LogP contribution is 2.24. The highest BCUT2D eigenvalue weighted by atomic mass is 79.9. The number of hydrogen-bond donors (Lipinski definition) is 0. The molecule has 0 spiro atoms. The van der Waals surface area contributed by atoms with Crippen molar-refractivity contribution in [2.75, 3.05) is 7.11 Å². The molecule has 0 fully saturated rings. The van der Waals surface area contributed by atoms with Crippen molar-refractivity contribution < 1.29 is 4.74 Å². The van der Waals surface area contributed by atoms with Crippen LogP contribution >= 0.6 is 15.9 Å². The quantitative estimate of drug-likeness (QED) is 0.683. The molecule has 0 N–H and O–H groups in total. The Hall–Kier alpha value is -2.11. The van der Waals surface area contributed by atoms with Gasteiger partial charge in [0.1, 0.15) is 0 Å². The largest absolute Gasteiger partial charge is 0.380 e. The topological polar surface area (TPSA) is 47.9 Å². The van der Waals surface area contributed by atoms with Gasteiger partial charge >= 0.3 is 0 Å². The number of hydrogen-bond acceptors (Lipinski definition) is 4. The normalized spacial score (nSPS) is 11.4. The Bertz CT molecular complexity index is 877. The fourth-order valence-electron chi connectivity index (χ4n) is 2.36. The molecule has 0 aliphatic carbocycles. The molecule has 0 atom stereocenters. The van der Waals surface area contributed by atoms with Gasteiger partial charge in [0.25, 0.3) is 0 Å². The first-order valence-corrected chi connectivity index (χ1v) is 8.01. The fourth-order valence-corrected chi connectivity index (χ4v) is 2.86. The molecule has 2 heterocycles. The summed E-state index contributed by atoms with van der Waals surface area (Å²) in [7, 11) is 1.69. The Morgan fingerprint density at radius 3 is 2.78 bits per heavy atom. The zero-order valence-corrected chi connectivity index (χ0v) is 14.5. The predicted molar refractivity (Wildman–Crippen MR) is 95.9 cm³/mol. The van der Waals surface area contributed by atoms with Crippen LogP contribution in [0.3, 0.4) is 0 Å². The zero-order valence-electron chi connectivity index (χ0n) is 13.0. The maximum Gasteiger partial charge on any atom is 0.152 e. The van der Waals surface area contributed by atoms with Crippen molar-refractivity contribution in [3.63, 3.8) is 0 Å². The van der Waals surface area contributed by atoms with Crippen molar-refractivity contribution in [3.05, 3.63) is 63.8 Å². The van der Waals surface area contributed by atoms with E-state index >= 15 is 0 Å². The SMILES string of the molecule is COCc1cc(Br)cc2nc(/C=C/c3nccc(C)n3)ccc12. The van der Waals surface area contributed by atoms with Gasteiger partial charge in [-0.2, -0.15) is 0 Å². The van der Waals surface area contributed by atoms with Crippen molar-refractivity contribution in [1.82, 2.24) is 15.0 Å². The van der Waals surface area contributed by atoms with Crippen LogP contribution in [0.25, 0.3) is 23.1 Å². The standard InChI is InChI=1S/C18H16BrN3O/c1-12-7-8-20-18(21-12)6-4-15-3-5-16-13(11-23-2)9-14(19)10-17(16)22-15/h3-10H,11H2,1-2H3/b6-4+. The maximum absolute atomic E-state index is 5.26. The van der Waals surface area contributed by atoms with Gasteiger partial charge in [0.05, 0.1) is 17.8 Å². The molecule has 1 aromatic carbocycles. The molecular weight excluding hydrogens is 354 g/mol. The third kappa shape index (κ3) is 3.81. The third-order valence-corrected chi connectivity index (χ3v) is 3.85. The molecule has 116 valence electrons. The highest BCUT2D eigenvalue weighted by Gasteiger charge is 2.05. The molecule has 0 aliphatic rings. The van der Waals surface area contributed by atoms with E-state index in [1.165, 1.54) is 0 Å². The first-order valence-electron chi connectivity index (χ1n) is 7.21. The molecule has 0 aliphatic heterocycles. The Morgan fingerprint density at radius 1 is 1.13 bits per heavy atom. The molecule has 0 bridgehead atoms. The van der Waals surface area contributed by atoms with Crippen molar-refractivity contribution >= 4 is 39.0 Å². The highest BCUT2D eigenvalue weighted by molar-refractivity contribution is 9.10. The molecule has 5 heteroatoms. The van der Waals surface area contributed by atoms with E-state index < -0.39 is 0 Å². The number of fused-ring (bicyclic) bond motifs is 1. The molecule has 0 radical (unpaired) electrons. The van der Waals surface area contributed by atoms with Crippen LogP contribution in [0.5, 0.6) is 0 Å². The summed E-state index contributed by atoms with van der Waals surface area (Å²) in [4.78, 5) is 13.3. The van der Waals surface area contributed by atoms with E-state index in [1.807, 2.05) is 37.3 Å². The number of ether oxygens (including phenoxy) is 1. The van der Waals surface area contributed by atoms with Crippen molar-refractivity contribution in [1.29, 1.82) is 0 Å². The maximum atomic E-state index is 5.26. The van der Waals surface area contributed by atoms with E-state index in [0.717, 1.165) is 32.3 Å². The van der Waals surface area contributed by atoms with E-state index in [0.29, 0.717) is 12.4 Å². The molecule has 2 aromatic heterocycles. The van der Waals surface area contributed by atoms with Crippen LogP contribution in [0, 0.1) is 6.92 Å². The minimum absolute atomic E-state index is 0.559. The van der Waals surface area contributed by atoms with Gasteiger partial charge in [0.2, 0.25) is 0 Å². The summed E-state index contributed by atoms with van der Waals surface area (Å²) in [6.45, 7) is 2.51. The molecule has 0 unspecified atom stereocenters. The summed E-state index contributed by atoms with van der Waals surface area (Å²) in [5.41, 5.74) is 3.85. The Morgan fingerprint density at radius 2 is 2.00 bits per heavy atom. The van der Waals surface area contributed by atoms with E-state index in [2.05, 4.69) is 43.0 Å². The summed E-state index contributed by atoms with van der Waals surface area (Å²) in [5.74, 6) is 0.682. The number of aryl methyl sites for hydroxylation is 1. The lowest BCUT2D eigenvalue weighted by Crippen LogP contribution is -1.93. The van der Waals surface area contributed by atoms with Crippen LogP contribution in [0.4, 0.5) is 0 Å². The van der Waals surface area contributed by atoms with Crippen molar-refractivity contribution in [2.24, 2.45) is 0 Å². The van der Waals surface area contributed by atoms with Gasteiger partial charge in [0.15, 0.2) is 5.82 Å². The van der Waals surface area contributed by atoms with Crippen LogP contribution < -0.4 is 0 Å². The van der Waals surface area contributed by atoms with E-state index in [1.54, 1.807) is 13.3 Å². The van der Waals surface area contributed by atoms with Crippen LogP contribution in [-0.2, 0) is 11.3 Å². The van der Waals surface area contributed by atoms with Crippen molar-refractivity contribution in [3.8, 4) is 0 Å². The molecule has 23 heavy (non-hydrogen) atoms. The Kier molecular flexibility index (Phi) is 4.79. The summed E-state index contributed by atoms with van der Waals surface area (Å²) >= 11 is 3.53. The molecular formula is C18H16BrN3O. The van der Waals surface area contributed by atoms with Gasteiger partial charge in [0, 0.05) is 28.9 Å². The van der Waals surface area contributed by atoms with Gasteiger partial charge < -0.3 is 4.74 Å². The number of halogens is 1. The van der Waals surface area contributed by atoms with Crippen LogP contribution in [0.15, 0.2) is 41.0 Å². The number of methoxy groups -OCH3 is 1. The molecule has 0 amide bonds. The average molecular weight is 370 g/mol. The third-order valence-electron chi connectivity index (χ3n) is 3.40. The Labute approximate surface area is 143 Å². The number of aromatic nitrogens is 3. The van der Waals surface area contributed by atoms with Gasteiger partial charge in [-0.3, -0.25) is 0 Å². The molecule has 3 aromatic rings. The second kappa shape index (κ2) is 6.98. The fraction of sp³-hybridized carbons (Fsp3) is 0.167. The number of rotatable bonds is 4. The first-order chi connectivity index (χ1) is 11.2. The lowest BCUT2D eigenvalue weighted by atomic mass is 10.1. The summed E-state index contributed by atoms with van der Waals surface area (Å²) in [5, 5.41) is 1.10. The summed E-state index contributed by atoms with van der Waals surface area (Å²) in [6, 6.07) is 10.0. The summed E-state index contributed by atoms with van der Waals surface area (Å²) < 4.78 is 6.25. The average Bonchev–Trinajstić information content (AvgIpc) is 2.53. The predicted octanol–water partition coefficient (Wildman–Crippen LogP) is 4.41. The van der Waals surface area contributed by atoms with Gasteiger partial charge in [-0.15, -0.1) is 0 Å².